The summed E-state index contributed by atoms with van der Waals surface area (Å²) in [4.78, 5) is 53.0. The Labute approximate surface area is 219 Å². The number of carbonyl (C=O) groups is 4. The predicted octanol–water partition coefficient (Wildman–Crippen LogP) is 2.38. The molecule has 2 aromatic rings. The van der Waals surface area contributed by atoms with Gasteiger partial charge < -0.3 is 24.6 Å². The van der Waals surface area contributed by atoms with Crippen LogP contribution in [-0.2, 0) is 14.3 Å². The SMILES string of the molecule is COc1ccc(C(=O)C=CC(=O)N2CCN(c3ccc(N4C[C@H](CNC(C)=O)OC4=O)cc3F)CC2)cc1. The highest BCUT2D eigenvalue weighted by molar-refractivity contribution is 6.07. The van der Waals surface area contributed by atoms with Crippen molar-refractivity contribution in [3.63, 3.8) is 0 Å². The van der Waals surface area contributed by atoms with E-state index in [9.17, 15) is 19.2 Å². The number of ether oxygens (including phenoxy) is 2. The van der Waals surface area contributed by atoms with E-state index in [0.29, 0.717) is 48.9 Å². The first-order chi connectivity index (χ1) is 18.2. The number of nitrogens with one attached hydrogen (secondary N) is 1. The molecule has 0 saturated carbocycles. The molecule has 200 valence electrons. The lowest BCUT2D eigenvalue weighted by Gasteiger charge is -2.36. The Balaban J connectivity index is 1.31. The minimum atomic E-state index is -0.599. The predicted molar refractivity (Wildman–Crippen MR) is 138 cm³/mol. The molecule has 0 aliphatic carbocycles. The lowest BCUT2D eigenvalue weighted by molar-refractivity contribution is -0.126. The molecule has 2 heterocycles. The molecule has 4 rings (SSSR count). The van der Waals surface area contributed by atoms with Crippen LogP contribution in [0.3, 0.4) is 0 Å². The molecule has 0 unspecified atom stereocenters. The van der Waals surface area contributed by atoms with Gasteiger partial charge in [-0.15, -0.1) is 0 Å². The molecule has 2 aliphatic heterocycles. The second-order valence-electron chi connectivity index (χ2n) is 8.93. The van der Waals surface area contributed by atoms with Crippen LogP contribution in [0.2, 0.25) is 0 Å². The van der Waals surface area contributed by atoms with E-state index in [-0.39, 0.29) is 30.7 Å². The monoisotopic (exact) mass is 524 g/mol. The van der Waals surface area contributed by atoms with E-state index in [2.05, 4.69) is 5.32 Å². The van der Waals surface area contributed by atoms with Crippen LogP contribution in [0.15, 0.2) is 54.6 Å². The second kappa shape index (κ2) is 11.8. The summed E-state index contributed by atoms with van der Waals surface area (Å²) in [5.74, 6) is -0.662. The lowest BCUT2D eigenvalue weighted by atomic mass is 10.1. The Morgan fingerprint density at radius 3 is 2.42 bits per heavy atom. The number of nitrogens with zero attached hydrogens (tertiary/aromatic N) is 3. The van der Waals surface area contributed by atoms with Gasteiger partial charge in [-0.1, -0.05) is 0 Å². The molecule has 2 saturated heterocycles. The summed E-state index contributed by atoms with van der Waals surface area (Å²) in [7, 11) is 1.54. The number of hydrogen-bond donors (Lipinski definition) is 1. The Bertz CT molecular complexity index is 1240. The van der Waals surface area contributed by atoms with Crippen molar-refractivity contribution in [3.8, 4) is 5.75 Å². The van der Waals surface area contributed by atoms with Gasteiger partial charge in [-0.05, 0) is 48.5 Å². The summed E-state index contributed by atoms with van der Waals surface area (Å²) in [6.07, 6.45) is 1.39. The average Bonchev–Trinajstić information content (AvgIpc) is 3.30. The number of amides is 3. The van der Waals surface area contributed by atoms with Crippen LogP contribution in [-0.4, -0.2) is 81.1 Å². The molecule has 2 fully saturated rings. The van der Waals surface area contributed by atoms with Gasteiger partial charge in [0.25, 0.3) is 0 Å². The fraction of sp³-hybridized carbons (Fsp3) is 0.333. The van der Waals surface area contributed by atoms with E-state index >= 15 is 4.39 Å². The van der Waals surface area contributed by atoms with Gasteiger partial charge in [0.05, 0.1) is 31.6 Å². The Morgan fingerprint density at radius 2 is 1.79 bits per heavy atom. The molecule has 1 atom stereocenters. The normalized spacial score (nSPS) is 17.5. The molecular formula is C27H29FN4O6. The zero-order valence-electron chi connectivity index (χ0n) is 21.2. The zero-order valence-corrected chi connectivity index (χ0v) is 21.2. The number of anilines is 2. The van der Waals surface area contributed by atoms with Gasteiger partial charge in [0.15, 0.2) is 5.78 Å². The van der Waals surface area contributed by atoms with Crippen LogP contribution in [0.4, 0.5) is 20.6 Å². The molecule has 3 amide bonds. The van der Waals surface area contributed by atoms with E-state index < -0.39 is 18.0 Å². The largest absolute Gasteiger partial charge is 0.497 e. The number of cyclic esters (lactones) is 1. The number of methoxy groups -OCH3 is 1. The molecule has 10 nitrogen and oxygen atoms in total. The third-order valence-corrected chi connectivity index (χ3v) is 6.38. The van der Waals surface area contributed by atoms with Crippen molar-refractivity contribution in [2.45, 2.75) is 13.0 Å². The summed E-state index contributed by atoms with van der Waals surface area (Å²) in [6, 6.07) is 11.1. The maximum Gasteiger partial charge on any atom is 0.414 e. The maximum atomic E-state index is 15.0. The van der Waals surface area contributed by atoms with Gasteiger partial charge in [0, 0.05) is 44.7 Å². The Kier molecular flexibility index (Phi) is 8.25. The highest BCUT2D eigenvalue weighted by atomic mass is 19.1. The van der Waals surface area contributed by atoms with Crippen LogP contribution in [0.25, 0.3) is 0 Å². The fourth-order valence-electron chi connectivity index (χ4n) is 4.29. The molecule has 1 N–H and O–H groups in total. The number of carbonyl (C=O) groups excluding carboxylic acids is 4. The van der Waals surface area contributed by atoms with E-state index in [1.54, 1.807) is 41.3 Å². The summed E-state index contributed by atoms with van der Waals surface area (Å²) < 4.78 is 25.3. The first-order valence-corrected chi connectivity index (χ1v) is 12.2. The van der Waals surface area contributed by atoms with Crippen LogP contribution in [0, 0.1) is 5.82 Å². The number of benzene rings is 2. The van der Waals surface area contributed by atoms with Gasteiger partial charge in [-0.2, -0.15) is 0 Å². The maximum absolute atomic E-state index is 15.0. The van der Waals surface area contributed by atoms with Crippen molar-refractivity contribution in [2.24, 2.45) is 0 Å². The molecule has 11 heteroatoms. The topological polar surface area (TPSA) is 108 Å². The van der Waals surface area contributed by atoms with Gasteiger partial charge in [-0.3, -0.25) is 19.3 Å². The van der Waals surface area contributed by atoms with E-state index in [0.717, 1.165) is 0 Å². The Hall–Kier alpha value is -4.41. The lowest BCUT2D eigenvalue weighted by Crippen LogP contribution is -2.48. The minimum absolute atomic E-state index is 0.186. The van der Waals surface area contributed by atoms with Crippen molar-refractivity contribution in [2.75, 3.05) is 56.2 Å². The quantitative estimate of drug-likeness (QED) is 0.417. The van der Waals surface area contributed by atoms with Crippen LogP contribution in [0.1, 0.15) is 17.3 Å². The van der Waals surface area contributed by atoms with Crippen molar-refractivity contribution in [1.29, 1.82) is 0 Å². The van der Waals surface area contributed by atoms with E-state index in [4.69, 9.17) is 9.47 Å². The molecule has 0 aromatic heterocycles. The van der Waals surface area contributed by atoms with Crippen molar-refractivity contribution in [1.82, 2.24) is 10.2 Å². The molecular weight excluding hydrogens is 495 g/mol. The van der Waals surface area contributed by atoms with E-state index in [1.165, 1.54) is 37.2 Å². The standard InChI is InChI=1S/C27H29FN4O6/c1-18(33)29-16-22-17-32(27(36)38-22)20-5-8-24(23(28)15-20)30-11-13-31(14-12-30)26(35)10-9-25(34)19-3-6-21(37-2)7-4-19/h3-10,15,22H,11-14,16-17H2,1-2H3,(H,29,33)/t22-/m0/s1. The molecule has 0 radical (unpaired) electrons. The zero-order chi connectivity index (χ0) is 27.2. The highest BCUT2D eigenvalue weighted by Crippen LogP contribution is 2.28. The van der Waals surface area contributed by atoms with Gasteiger partial charge >= 0.3 is 6.09 Å². The summed E-state index contributed by atoms with van der Waals surface area (Å²) in [5.41, 5.74) is 1.18. The molecule has 38 heavy (non-hydrogen) atoms. The minimum Gasteiger partial charge on any atom is -0.497 e. The number of piperazine rings is 1. The number of halogens is 1. The summed E-state index contributed by atoms with van der Waals surface area (Å²) in [5, 5.41) is 2.60. The first kappa shape index (κ1) is 26.6. The molecule has 2 aliphatic rings. The first-order valence-electron chi connectivity index (χ1n) is 12.2. The number of rotatable bonds is 8. The molecule has 2 aromatic carbocycles. The van der Waals surface area contributed by atoms with Gasteiger partial charge in [-0.25, -0.2) is 9.18 Å². The molecule has 0 bridgehead atoms. The number of ketones is 1. The smallest absolute Gasteiger partial charge is 0.414 e. The van der Waals surface area contributed by atoms with Gasteiger partial charge in [0.2, 0.25) is 11.8 Å². The number of allylic oxidation sites excluding steroid dienone is 1. The second-order valence-corrected chi connectivity index (χ2v) is 8.93. The number of hydrogen-bond acceptors (Lipinski definition) is 7. The van der Waals surface area contributed by atoms with Crippen LogP contribution >= 0.6 is 0 Å². The van der Waals surface area contributed by atoms with Gasteiger partial charge in [0.1, 0.15) is 17.7 Å². The van der Waals surface area contributed by atoms with E-state index in [1.807, 2.05) is 4.90 Å². The van der Waals surface area contributed by atoms with Crippen molar-refractivity contribution < 1.29 is 33.0 Å². The van der Waals surface area contributed by atoms with Crippen LogP contribution < -0.4 is 19.9 Å². The highest BCUT2D eigenvalue weighted by Gasteiger charge is 2.33. The average molecular weight is 525 g/mol. The summed E-state index contributed by atoms with van der Waals surface area (Å²) in [6.45, 7) is 3.31. The molecule has 0 spiro atoms. The van der Waals surface area contributed by atoms with Crippen molar-refractivity contribution in [3.05, 3.63) is 66.0 Å². The van der Waals surface area contributed by atoms with Crippen LogP contribution in [0.5, 0.6) is 5.75 Å². The third kappa shape index (κ3) is 6.28. The Morgan fingerprint density at radius 1 is 1.08 bits per heavy atom. The van der Waals surface area contributed by atoms with Crippen molar-refractivity contribution >= 4 is 35.1 Å². The fourth-order valence-corrected chi connectivity index (χ4v) is 4.29. The summed E-state index contributed by atoms with van der Waals surface area (Å²) >= 11 is 0. The third-order valence-electron chi connectivity index (χ3n) is 6.38.